The largest absolute Gasteiger partial charge is 0.481 e. The van der Waals surface area contributed by atoms with E-state index >= 15 is 0 Å². The van der Waals surface area contributed by atoms with E-state index in [1.165, 1.54) is 0 Å². The summed E-state index contributed by atoms with van der Waals surface area (Å²) in [6.45, 7) is 0. The lowest BCUT2D eigenvalue weighted by Crippen LogP contribution is -2.39. The van der Waals surface area contributed by atoms with Crippen LogP contribution in [0, 0.1) is 11.8 Å². The van der Waals surface area contributed by atoms with Gasteiger partial charge in [0.25, 0.3) is 0 Å². The SMILES string of the molecule is O=C(O)C1CCCC(F)C1C(=O)O. The minimum absolute atomic E-state index is 0.154. The Balaban J connectivity index is 2.80. The maximum atomic E-state index is 13.1. The maximum Gasteiger partial charge on any atom is 0.310 e. The smallest absolute Gasteiger partial charge is 0.310 e. The van der Waals surface area contributed by atoms with Gasteiger partial charge in [0.15, 0.2) is 0 Å². The van der Waals surface area contributed by atoms with Crippen LogP contribution < -0.4 is 0 Å². The van der Waals surface area contributed by atoms with Crippen molar-refractivity contribution in [2.75, 3.05) is 0 Å². The van der Waals surface area contributed by atoms with Crippen LogP contribution in [0.3, 0.4) is 0 Å². The number of rotatable bonds is 2. The van der Waals surface area contributed by atoms with Gasteiger partial charge in [-0.3, -0.25) is 9.59 Å². The molecule has 13 heavy (non-hydrogen) atoms. The van der Waals surface area contributed by atoms with E-state index in [1.807, 2.05) is 0 Å². The number of hydrogen-bond donors (Lipinski definition) is 2. The number of halogens is 1. The Morgan fingerprint density at radius 2 is 1.77 bits per heavy atom. The summed E-state index contributed by atoms with van der Waals surface area (Å²) in [5.41, 5.74) is 0. The van der Waals surface area contributed by atoms with Crippen LogP contribution >= 0.6 is 0 Å². The van der Waals surface area contributed by atoms with Gasteiger partial charge in [-0.25, -0.2) is 4.39 Å². The van der Waals surface area contributed by atoms with E-state index in [1.54, 1.807) is 0 Å². The fourth-order valence-electron chi connectivity index (χ4n) is 1.75. The van der Waals surface area contributed by atoms with Crippen LogP contribution in [0.15, 0.2) is 0 Å². The predicted molar refractivity (Wildman–Crippen MR) is 41.0 cm³/mol. The molecule has 1 rings (SSSR count). The summed E-state index contributed by atoms with van der Waals surface area (Å²) in [6, 6.07) is 0. The Hall–Kier alpha value is -1.13. The molecule has 1 aliphatic carbocycles. The van der Waals surface area contributed by atoms with Crippen LogP contribution in [0.1, 0.15) is 19.3 Å². The van der Waals surface area contributed by atoms with Crippen molar-refractivity contribution in [1.29, 1.82) is 0 Å². The van der Waals surface area contributed by atoms with Gasteiger partial charge < -0.3 is 10.2 Å². The van der Waals surface area contributed by atoms with Crippen molar-refractivity contribution in [3.05, 3.63) is 0 Å². The fraction of sp³-hybridized carbons (Fsp3) is 0.750. The number of alkyl halides is 1. The number of aliphatic carboxylic acids is 2. The third-order valence-electron chi connectivity index (χ3n) is 2.42. The number of carboxylic acid groups (broad SMARTS) is 2. The van der Waals surface area contributed by atoms with E-state index in [-0.39, 0.29) is 12.8 Å². The van der Waals surface area contributed by atoms with Crippen LogP contribution in [0.4, 0.5) is 4.39 Å². The summed E-state index contributed by atoms with van der Waals surface area (Å²) in [7, 11) is 0. The zero-order valence-corrected chi connectivity index (χ0v) is 6.94. The molecule has 1 fully saturated rings. The Bertz CT molecular complexity index is 228. The van der Waals surface area contributed by atoms with Gasteiger partial charge in [-0.05, 0) is 19.3 Å². The van der Waals surface area contributed by atoms with Crippen molar-refractivity contribution >= 4 is 11.9 Å². The first-order valence-corrected chi connectivity index (χ1v) is 4.13. The van der Waals surface area contributed by atoms with E-state index in [9.17, 15) is 14.0 Å². The molecule has 0 aromatic heterocycles. The van der Waals surface area contributed by atoms with Gasteiger partial charge >= 0.3 is 11.9 Å². The number of carbonyl (C=O) groups is 2. The second kappa shape index (κ2) is 3.72. The summed E-state index contributed by atoms with van der Waals surface area (Å²) in [6.07, 6.45) is -0.664. The molecule has 2 N–H and O–H groups in total. The lowest BCUT2D eigenvalue weighted by Gasteiger charge is -2.28. The molecular weight excluding hydrogens is 179 g/mol. The molecule has 0 saturated heterocycles. The molecular formula is C8H11FO4. The van der Waals surface area contributed by atoms with Gasteiger partial charge in [0, 0.05) is 0 Å². The van der Waals surface area contributed by atoms with Gasteiger partial charge in [-0.15, -0.1) is 0 Å². The average molecular weight is 190 g/mol. The lowest BCUT2D eigenvalue weighted by atomic mass is 9.78. The van der Waals surface area contributed by atoms with Crippen molar-refractivity contribution in [3.63, 3.8) is 0 Å². The van der Waals surface area contributed by atoms with Gasteiger partial charge in [-0.2, -0.15) is 0 Å². The molecule has 0 aliphatic heterocycles. The maximum absolute atomic E-state index is 13.1. The minimum Gasteiger partial charge on any atom is -0.481 e. The van der Waals surface area contributed by atoms with E-state index in [2.05, 4.69) is 0 Å². The summed E-state index contributed by atoms with van der Waals surface area (Å²) in [5, 5.41) is 17.3. The molecule has 3 atom stereocenters. The van der Waals surface area contributed by atoms with Crippen LogP contribution in [0.5, 0.6) is 0 Å². The summed E-state index contributed by atoms with van der Waals surface area (Å²) < 4.78 is 13.1. The van der Waals surface area contributed by atoms with Gasteiger partial charge in [0.2, 0.25) is 0 Å². The zero-order chi connectivity index (χ0) is 10.0. The van der Waals surface area contributed by atoms with Crippen molar-refractivity contribution in [1.82, 2.24) is 0 Å². The van der Waals surface area contributed by atoms with Gasteiger partial charge in [0.1, 0.15) is 12.1 Å². The first-order chi connectivity index (χ1) is 6.04. The monoisotopic (exact) mass is 190 g/mol. The molecule has 0 heterocycles. The lowest BCUT2D eigenvalue weighted by molar-refractivity contribution is -0.159. The molecule has 4 nitrogen and oxygen atoms in total. The highest BCUT2D eigenvalue weighted by Gasteiger charge is 2.42. The third-order valence-corrected chi connectivity index (χ3v) is 2.42. The van der Waals surface area contributed by atoms with Crippen molar-refractivity contribution in [2.45, 2.75) is 25.4 Å². The van der Waals surface area contributed by atoms with E-state index in [0.717, 1.165) is 0 Å². The number of hydrogen-bond acceptors (Lipinski definition) is 2. The molecule has 0 radical (unpaired) electrons. The van der Waals surface area contributed by atoms with Gasteiger partial charge in [0.05, 0.1) is 5.92 Å². The molecule has 0 bridgehead atoms. The molecule has 0 spiro atoms. The normalized spacial score (nSPS) is 34.1. The Labute approximate surface area is 74.4 Å². The molecule has 1 aliphatic rings. The minimum atomic E-state index is -1.52. The van der Waals surface area contributed by atoms with E-state index in [0.29, 0.717) is 6.42 Å². The van der Waals surface area contributed by atoms with Crippen LogP contribution in [0.25, 0.3) is 0 Å². The molecule has 0 aromatic rings. The molecule has 3 unspecified atom stereocenters. The Morgan fingerprint density at radius 3 is 2.15 bits per heavy atom. The Morgan fingerprint density at radius 1 is 1.15 bits per heavy atom. The highest BCUT2D eigenvalue weighted by atomic mass is 19.1. The second-order valence-corrected chi connectivity index (χ2v) is 3.26. The third kappa shape index (κ3) is 1.96. The average Bonchev–Trinajstić information content (AvgIpc) is 2.02. The van der Waals surface area contributed by atoms with E-state index in [4.69, 9.17) is 10.2 Å². The van der Waals surface area contributed by atoms with Crippen molar-refractivity contribution in [2.24, 2.45) is 11.8 Å². The second-order valence-electron chi connectivity index (χ2n) is 3.26. The quantitative estimate of drug-likeness (QED) is 0.678. The topological polar surface area (TPSA) is 74.6 Å². The van der Waals surface area contributed by atoms with Crippen LogP contribution in [-0.2, 0) is 9.59 Å². The Kier molecular flexibility index (Phi) is 2.85. The van der Waals surface area contributed by atoms with Crippen molar-refractivity contribution < 1.29 is 24.2 Å². The summed E-state index contributed by atoms with van der Waals surface area (Å²) in [4.78, 5) is 21.2. The first-order valence-electron chi connectivity index (χ1n) is 4.13. The molecule has 1 saturated carbocycles. The standard InChI is InChI=1S/C8H11FO4/c9-5-3-1-2-4(7(10)11)6(5)8(12)13/h4-6H,1-3H2,(H,10,11)(H,12,13). The van der Waals surface area contributed by atoms with E-state index < -0.39 is 29.9 Å². The number of carboxylic acids is 2. The van der Waals surface area contributed by atoms with Crippen LogP contribution in [0.2, 0.25) is 0 Å². The van der Waals surface area contributed by atoms with Crippen LogP contribution in [-0.4, -0.2) is 28.3 Å². The summed E-state index contributed by atoms with van der Waals surface area (Å²) >= 11 is 0. The molecule has 0 aromatic carbocycles. The summed E-state index contributed by atoms with van der Waals surface area (Å²) in [5.74, 6) is -5.00. The van der Waals surface area contributed by atoms with Gasteiger partial charge in [-0.1, -0.05) is 0 Å². The van der Waals surface area contributed by atoms with Crippen molar-refractivity contribution in [3.8, 4) is 0 Å². The highest BCUT2D eigenvalue weighted by molar-refractivity contribution is 5.80. The molecule has 74 valence electrons. The zero-order valence-electron chi connectivity index (χ0n) is 6.94. The molecule has 0 amide bonds. The predicted octanol–water partition coefficient (Wildman–Crippen LogP) is 0.910. The molecule has 5 heteroatoms. The highest BCUT2D eigenvalue weighted by Crippen LogP contribution is 2.32. The first kappa shape index (κ1) is 9.95. The fourth-order valence-corrected chi connectivity index (χ4v) is 1.75.